The average molecular weight is 902 g/mol. The number of nitrogens with one attached hydrogen (secondary N) is 4. The fourth-order valence-corrected chi connectivity index (χ4v) is 9.88. The summed E-state index contributed by atoms with van der Waals surface area (Å²) in [5, 5.41) is 21.5. The summed E-state index contributed by atoms with van der Waals surface area (Å²) in [7, 11) is -2.25. The Morgan fingerprint density at radius 3 is 2.35 bits per heavy atom. The van der Waals surface area contributed by atoms with Crippen molar-refractivity contribution in [2.24, 2.45) is 0 Å². The molecule has 0 aliphatic heterocycles. The second kappa shape index (κ2) is 20.0. The SMILES string of the molecule is CC(C)(C)NC1CCC(OC(=O)Nc2ccc(CCCCn3c(=O)oc4cc(CNC[C@H](O[Si](C)(C)C(C)(C)C)c5ccc(O)c6[nH]c(=O)ccc56)ccc43)cc2-c2ccccc2)CC1. The summed E-state index contributed by atoms with van der Waals surface area (Å²) in [6.07, 6.45) is 5.18. The van der Waals surface area contributed by atoms with Crippen molar-refractivity contribution in [2.45, 2.75) is 141 Å². The van der Waals surface area contributed by atoms with Gasteiger partial charge >= 0.3 is 11.8 Å². The van der Waals surface area contributed by atoms with Gasteiger partial charge in [0.1, 0.15) is 11.9 Å². The molecule has 5 N–H and O–H groups in total. The first-order chi connectivity index (χ1) is 30.8. The zero-order valence-corrected chi connectivity index (χ0v) is 40.3. The number of benzene rings is 4. The number of aryl methyl sites for hydroxylation is 2. The maximum atomic E-state index is 13.2. The van der Waals surface area contributed by atoms with Gasteiger partial charge in [0.25, 0.3) is 0 Å². The summed E-state index contributed by atoms with van der Waals surface area (Å²) in [5.41, 5.74) is 7.09. The van der Waals surface area contributed by atoms with E-state index in [1.54, 1.807) is 16.7 Å². The number of carbonyl (C=O) groups excluding carboxylic acids is 1. The molecule has 6 aromatic rings. The van der Waals surface area contributed by atoms with Gasteiger partial charge in [-0.2, -0.15) is 0 Å². The van der Waals surface area contributed by atoms with Crippen LogP contribution in [0.4, 0.5) is 10.5 Å². The van der Waals surface area contributed by atoms with Crippen LogP contribution >= 0.6 is 0 Å². The number of aromatic nitrogens is 2. The number of nitrogens with zero attached hydrogens (tertiary/aromatic N) is 1. The fourth-order valence-electron chi connectivity index (χ4n) is 8.61. The lowest BCUT2D eigenvalue weighted by Crippen LogP contribution is -2.46. The van der Waals surface area contributed by atoms with Gasteiger partial charge in [-0.25, -0.2) is 9.59 Å². The van der Waals surface area contributed by atoms with Crippen molar-refractivity contribution in [1.29, 1.82) is 0 Å². The molecule has 1 aliphatic carbocycles. The molecule has 1 saturated carbocycles. The first-order valence-corrected chi connectivity index (χ1v) is 26.0. The topological polar surface area (TPSA) is 160 Å². The molecule has 0 unspecified atom stereocenters. The van der Waals surface area contributed by atoms with E-state index in [0.29, 0.717) is 42.5 Å². The Balaban J connectivity index is 0.961. The molecule has 1 amide bonds. The van der Waals surface area contributed by atoms with Gasteiger partial charge in [0.2, 0.25) is 5.56 Å². The van der Waals surface area contributed by atoms with Crippen LogP contribution in [0, 0.1) is 0 Å². The maximum absolute atomic E-state index is 13.2. The molecular weight excluding hydrogens is 835 g/mol. The van der Waals surface area contributed by atoms with Crippen molar-refractivity contribution in [1.82, 2.24) is 20.2 Å². The highest BCUT2D eigenvalue weighted by atomic mass is 28.4. The second-order valence-electron chi connectivity index (χ2n) is 20.2. The molecule has 0 radical (unpaired) electrons. The van der Waals surface area contributed by atoms with Crippen molar-refractivity contribution < 1.29 is 23.5 Å². The number of aromatic amines is 1. The highest BCUT2D eigenvalue weighted by molar-refractivity contribution is 6.74. The summed E-state index contributed by atoms with van der Waals surface area (Å²) in [6, 6.07) is 29.2. The van der Waals surface area contributed by atoms with Crippen LogP contribution in [-0.2, 0) is 28.7 Å². The molecule has 0 bridgehead atoms. The zero-order chi connectivity index (χ0) is 46.5. The van der Waals surface area contributed by atoms with Gasteiger partial charge in [-0.3, -0.25) is 14.7 Å². The number of amides is 1. The van der Waals surface area contributed by atoms with Crippen LogP contribution in [0.2, 0.25) is 18.1 Å². The molecule has 65 heavy (non-hydrogen) atoms. The van der Waals surface area contributed by atoms with Crippen LogP contribution in [0.15, 0.2) is 105 Å². The summed E-state index contributed by atoms with van der Waals surface area (Å²) in [5.74, 6) is -0.370. The van der Waals surface area contributed by atoms with Crippen molar-refractivity contribution in [3.63, 3.8) is 0 Å². The Kier molecular flexibility index (Phi) is 14.6. The highest BCUT2D eigenvalue weighted by Crippen LogP contribution is 2.41. The average Bonchev–Trinajstić information content (AvgIpc) is 3.56. The number of pyridine rings is 1. The zero-order valence-electron chi connectivity index (χ0n) is 39.3. The van der Waals surface area contributed by atoms with Crippen molar-refractivity contribution in [3.8, 4) is 16.9 Å². The predicted molar refractivity (Wildman–Crippen MR) is 263 cm³/mol. The molecule has 13 heteroatoms. The van der Waals surface area contributed by atoms with Crippen molar-refractivity contribution in [3.05, 3.63) is 129 Å². The van der Waals surface area contributed by atoms with E-state index in [2.05, 4.69) is 87.7 Å². The highest BCUT2D eigenvalue weighted by Gasteiger charge is 2.40. The molecular formula is C52H67N5O7Si. The number of aromatic hydroxyl groups is 1. The second-order valence-corrected chi connectivity index (χ2v) is 25.0. The molecule has 0 spiro atoms. The summed E-state index contributed by atoms with van der Waals surface area (Å²) in [4.78, 5) is 41.2. The smallest absolute Gasteiger partial charge is 0.419 e. The quantitative estimate of drug-likeness (QED) is 0.0471. The van der Waals surface area contributed by atoms with E-state index >= 15 is 0 Å². The van der Waals surface area contributed by atoms with Crippen LogP contribution in [0.1, 0.15) is 103 Å². The molecule has 2 aromatic heterocycles. The van der Waals surface area contributed by atoms with Gasteiger partial charge in [0.15, 0.2) is 13.9 Å². The number of ether oxygens (including phenoxy) is 1. The molecule has 1 fully saturated rings. The van der Waals surface area contributed by atoms with Gasteiger partial charge in [0, 0.05) is 48.2 Å². The minimum atomic E-state index is -2.25. The van der Waals surface area contributed by atoms with E-state index in [9.17, 15) is 19.5 Å². The van der Waals surface area contributed by atoms with Crippen LogP contribution in [0.25, 0.3) is 33.1 Å². The third-order valence-electron chi connectivity index (χ3n) is 13.0. The molecule has 346 valence electrons. The third kappa shape index (κ3) is 12.1. The van der Waals surface area contributed by atoms with E-state index in [1.165, 1.54) is 6.07 Å². The largest absolute Gasteiger partial charge is 0.506 e. The molecule has 4 aromatic carbocycles. The number of phenolic OH excluding ortho intramolecular Hbond substituents is 1. The summed E-state index contributed by atoms with van der Waals surface area (Å²) >= 11 is 0. The Labute approximate surface area is 383 Å². The summed E-state index contributed by atoms with van der Waals surface area (Å²) < 4.78 is 20.3. The number of oxazole rings is 1. The number of carbonyl (C=O) groups is 1. The standard InChI is InChI=1S/C52H67N5O7Si/c1-51(2,3)56-37-19-21-38(22-20-37)62-49(60)54-42-25-17-34(30-41(42)36-15-10-9-11-16-36)14-12-13-29-57-43-26-18-35(31-45(43)63-50(57)61)32-53-33-46(64-65(7,8)52(4,5)6)39-23-27-44(58)48-40(39)24-28-47(59)55-48/h9-11,15-18,23-28,30-31,37-38,46,53,56,58H,12-14,19-22,29,32-33H2,1-8H3,(H,54,60)(H,55,59)/t37?,38?,46-/m0/s1. The van der Waals surface area contributed by atoms with Crippen molar-refractivity contribution >= 4 is 42.1 Å². The van der Waals surface area contributed by atoms with Gasteiger partial charge in [-0.15, -0.1) is 0 Å². The third-order valence-corrected chi connectivity index (χ3v) is 17.5. The number of phenols is 1. The van der Waals surface area contributed by atoms with Crippen LogP contribution in [0.5, 0.6) is 5.75 Å². The number of hydrogen-bond acceptors (Lipinski definition) is 9. The lowest BCUT2D eigenvalue weighted by atomic mass is 9.91. The molecule has 1 aliphatic rings. The first kappa shape index (κ1) is 47.5. The van der Waals surface area contributed by atoms with E-state index in [4.69, 9.17) is 13.6 Å². The van der Waals surface area contributed by atoms with E-state index in [0.717, 1.165) is 83.7 Å². The molecule has 12 nitrogen and oxygen atoms in total. The molecule has 0 saturated heterocycles. The fraction of sp³-hybridized carbons (Fsp3) is 0.442. The van der Waals surface area contributed by atoms with E-state index < -0.39 is 14.4 Å². The maximum Gasteiger partial charge on any atom is 0.419 e. The number of unbranched alkanes of at least 4 members (excludes halogenated alkanes) is 1. The Hall–Kier alpha value is -5.47. The minimum Gasteiger partial charge on any atom is -0.506 e. The number of H-pyrrole nitrogens is 1. The molecule has 7 rings (SSSR count). The molecule has 1 atom stereocenters. The first-order valence-electron chi connectivity index (χ1n) is 23.1. The Bertz CT molecular complexity index is 2700. The summed E-state index contributed by atoms with van der Waals surface area (Å²) in [6.45, 7) is 19.1. The van der Waals surface area contributed by atoms with Crippen LogP contribution in [-0.4, -0.2) is 53.3 Å². The normalized spacial score (nSPS) is 16.5. The number of anilines is 1. The minimum absolute atomic E-state index is 0.0109. The monoisotopic (exact) mass is 901 g/mol. The van der Waals surface area contributed by atoms with Crippen LogP contribution < -0.4 is 27.3 Å². The van der Waals surface area contributed by atoms with Gasteiger partial charge < -0.3 is 34.3 Å². The number of fused-ring (bicyclic) bond motifs is 2. The predicted octanol–water partition coefficient (Wildman–Crippen LogP) is 10.9. The van der Waals surface area contributed by atoms with Gasteiger partial charge in [-0.05, 0) is 143 Å². The van der Waals surface area contributed by atoms with Crippen LogP contribution in [0.3, 0.4) is 0 Å². The number of hydrogen-bond donors (Lipinski definition) is 5. The Morgan fingerprint density at radius 1 is 0.892 bits per heavy atom. The van der Waals surface area contributed by atoms with Gasteiger partial charge in [0.05, 0.1) is 22.8 Å². The lowest BCUT2D eigenvalue weighted by Gasteiger charge is -2.39. The number of rotatable bonds is 16. The van der Waals surface area contributed by atoms with E-state index in [1.807, 2.05) is 60.7 Å². The van der Waals surface area contributed by atoms with Crippen molar-refractivity contribution in [2.75, 3.05) is 11.9 Å². The van der Waals surface area contributed by atoms with Gasteiger partial charge in [-0.1, -0.05) is 69.3 Å². The lowest BCUT2D eigenvalue weighted by molar-refractivity contribution is 0.0762. The Morgan fingerprint density at radius 2 is 1.63 bits per heavy atom. The molecule has 2 heterocycles. The van der Waals surface area contributed by atoms with E-state index in [-0.39, 0.29) is 39.8 Å².